The van der Waals surface area contributed by atoms with Crippen molar-refractivity contribution < 1.29 is 4.74 Å². The van der Waals surface area contributed by atoms with E-state index in [0.717, 1.165) is 6.61 Å². The number of rotatable bonds is 2. The van der Waals surface area contributed by atoms with Crippen LogP contribution >= 0.6 is 0 Å². The first-order chi connectivity index (χ1) is 9.28. The zero-order chi connectivity index (χ0) is 14.4. The number of hydrogen-bond acceptors (Lipinski definition) is 2. The fourth-order valence-electron chi connectivity index (χ4n) is 5.39. The van der Waals surface area contributed by atoms with Crippen LogP contribution in [0.25, 0.3) is 0 Å². The maximum atomic E-state index is 6.06. The Labute approximate surface area is 125 Å². The quantitative estimate of drug-likeness (QED) is 0.814. The molecule has 1 N–H and O–H groups in total. The summed E-state index contributed by atoms with van der Waals surface area (Å²) in [6, 6.07) is 1.40. The van der Waals surface area contributed by atoms with Gasteiger partial charge in [0.15, 0.2) is 0 Å². The molecule has 1 aliphatic heterocycles. The van der Waals surface area contributed by atoms with Crippen LogP contribution in [0.15, 0.2) is 0 Å². The van der Waals surface area contributed by atoms with Crippen LogP contribution in [-0.2, 0) is 4.74 Å². The van der Waals surface area contributed by atoms with Crippen molar-refractivity contribution in [2.24, 2.45) is 10.8 Å². The molecule has 0 aromatic carbocycles. The molecule has 3 fully saturated rings. The van der Waals surface area contributed by atoms with Gasteiger partial charge in [0.1, 0.15) is 0 Å². The average molecular weight is 279 g/mol. The third kappa shape index (κ3) is 3.22. The lowest BCUT2D eigenvalue weighted by molar-refractivity contribution is -0.137. The molecule has 0 amide bonds. The number of hydrogen-bond donors (Lipinski definition) is 1. The molecule has 2 saturated carbocycles. The van der Waals surface area contributed by atoms with Crippen LogP contribution in [0.3, 0.4) is 0 Å². The third-order valence-electron chi connectivity index (χ3n) is 5.78. The molecule has 2 aliphatic carbocycles. The van der Waals surface area contributed by atoms with Crippen molar-refractivity contribution in [3.05, 3.63) is 0 Å². The van der Waals surface area contributed by atoms with Gasteiger partial charge in [0, 0.05) is 18.7 Å². The molecule has 1 unspecified atom stereocenters. The van der Waals surface area contributed by atoms with Gasteiger partial charge in [-0.05, 0) is 62.2 Å². The van der Waals surface area contributed by atoms with Crippen LogP contribution in [0.5, 0.6) is 0 Å². The van der Waals surface area contributed by atoms with Gasteiger partial charge < -0.3 is 10.1 Å². The number of ether oxygens (including phenoxy) is 1. The molecule has 0 aromatic heterocycles. The van der Waals surface area contributed by atoms with Crippen LogP contribution < -0.4 is 5.32 Å². The zero-order valence-corrected chi connectivity index (χ0v) is 13.9. The molecule has 2 heteroatoms. The summed E-state index contributed by atoms with van der Waals surface area (Å²) >= 11 is 0. The summed E-state index contributed by atoms with van der Waals surface area (Å²) in [5.74, 6) is 0. The first-order valence-electron chi connectivity index (χ1n) is 8.68. The summed E-state index contributed by atoms with van der Waals surface area (Å²) in [7, 11) is 0. The number of nitrogens with one attached hydrogen (secondary N) is 1. The van der Waals surface area contributed by atoms with Gasteiger partial charge >= 0.3 is 0 Å². The topological polar surface area (TPSA) is 21.3 Å². The van der Waals surface area contributed by atoms with Crippen molar-refractivity contribution in [2.45, 2.75) is 96.7 Å². The molecule has 0 radical (unpaired) electrons. The van der Waals surface area contributed by atoms with E-state index in [1.807, 2.05) is 0 Å². The van der Waals surface area contributed by atoms with Crippen molar-refractivity contribution in [2.75, 3.05) is 6.61 Å². The Balaban J connectivity index is 1.59. The molecule has 3 aliphatic rings. The van der Waals surface area contributed by atoms with E-state index in [0.29, 0.717) is 22.9 Å². The minimum absolute atomic E-state index is 0.273. The van der Waals surface area contributed by atoms with Gasteiger partial charge in [0.25, 0.3) is 0 Å². The third-order valence-corrected chi connectivity index (χ3v) is 5.78. The fourth-order valence-corrected chi connectivity index (χ4v) is 5.39. The lowest BCUT2D eigenvalue weighted by atomic mass is 9.63. The van der Waals surface area contributed by atoms with E-state index in [9.17, 15) is 0 Å². The summed E-state index contributed by atoms with van der Waals surface area (Å²) in [5, 5.41) is 4.01. The largest absolute Gasteiger partial charge is 0.375 e. The summed E-state index contributed by atoms with van der Waals surface area (Å²) in [4.78, 5) is 0. The van der Waals surface area contributed by atoms with E-state index in [2.05, 4.69) is 33.0 Å². The van der Waals surface area contributed by atoms with E-state index in [4.69, 9.17) is 4.74 Å². The minimum Gasteiger partial charge on any atom is -0.375 e. The average Bonchev–Trinajstić information content (AvgIpc) is 2.22. The van der Waals surface area contributed by atoms with Crippen molar-refractivity contribution in [1.29, 1.82) is 0 Å². The Morgan fingerprint density at radius 2 is 1.55 bits per heavy atom. The Morgan fingerprint density at radius 1 is 0.900 bits per heavy atom. The van der Waals surface area contributed by atoms with Crippen molar-refractivity contribution in [1.82, 2.24) is 5.32 Å². The molecule has 1 atom stereocenters. The van der Waals surface area contributed by atoms with E-state index in [1.54, 1.807) is 0 Å². The Hall–Kier alpha value is -0.0800. The van der Waals surface area contributed by atoms with Crippen LogP contribution in [0.4, 0.5) is 0 Å². The van der Waals surface area contributed by atoms with Gasteiger partial charge in [-0.25, -0.2) is 0 Å². The van der Waals surface area contributed by atoms with E-state index in [1.165, 1.54) is 51.4 Å². The van der Waals surface area contributed by atoms with Gasteiger partial charge in [-0.3, -0.25) is 0 Å². The fraction of sp³-hybridized carbons (Fsp3) is 1.00. The highest BCUT2D eigenvalue weighted by Crippen LogP contribution is 2.47. The zero-order valence-electron chi connectivity index (χ0n) is 13.9. The van der Waals surface area contributed by atoms with Gasteiger partial charge in [-0.2, -0.15) is 0 Å². The van der Waals surface area contributed by atoms with Crippen molar-refractivity contribution in [3.63, 3.8) is 0 Å². The first-order valence-corrected chi connectivity index (χ1v) is 8.68. The monoisotopic (exact) mass is 279 g/mol. The second-order valence-corrected chi connectivity index (χ2v) is 9.35. The van der Waals surface area contributed by atoms with E-state index >= 15 is 0 Å². The normalized spacial score (nSPS) is 35.7. The lowest BCUT2D eigenvalue weighted by Crippen LogP contribution is -2.54. The molecule has 116 valence electrons. The Kier molecular flexibility index (Phi) is 3.70. The SMILES string of the molecule is CC1(C)CC(NC2CCOC3(CCC3)C2)CC(C)(C)C1. The molecule has 3 rings (SSSR count). The van der Waals surface area contributed by atoms with Crippen LogP contribution in [0, 0.1) is 10.8 Å². The Bertz CT molecular complexity index is 340. The predicted molar refractivity (Wildman–Crippen MR) is 83.9 cm³/mol. The minimum atomic E-state index is 0.273. The van der Waals surface area contributed by atoms with E-state index < -0.39 is 0 Å². The summed E-state index contributed by atoms with van der Waals surface area (Å²) in [6.07, 6.45) is 10.5. The highest BCUT2D eigenvalue weighted by atomic mass is 16.5. The maximum absolute atomic E-state index is 6.06. The summed E-state index contributed by atoms with van der Waals surface area (Å²) in [5.41, 5.74) is 1.24. The second kappa shape index (κ2) is 4.98. The second-order valence-electron chi connectivity index (χ2n) is 9.35. The molecule has 1 heterocycles. The highest BCUT2D eigenvalue weighted by Gasteiger charge is 2.44. The van der Waals surface area contributed by atoms with Crippen LogP contribution in [-0.4, -0.2) is 24.3 Å². The molecule has 1 spiro atoms. The van der Waals surface area contributed by atoms with Gasteiger partial charge in [0.05, 0.1) is 5.60 Å². The maximum Gasteiger partial charge on any atom is 0.0697 e. The standard InChI is InChI=1S/C18H33NO/c1-16(2)10-15(11-17(3,4)13-16)19-14-6-9-20-18(12-14)7-5-8-18/h14-15,19H,5-13H2,1-4H3. The van der Waals surface area contributed by atoms with Crippen LogP contribution in [0.1, 0.15) is 79.1 Å². The van der Waals surface area contributed by atoms with Crippen LogP contribution in [0.2, 0.25) is 0 Å². The van der Waals surface area contributed by atoms with E-state index in [-0.39, 0.29) is 5.60 Å². The molecular formula is C18H33NO. The molecular weight excluding hydrogens is 246 g/mol. The molecule has 2 nitrogen and oxygen atoms in total. The molecule has 0 bridgehead atoms. The summed E-state index contributed by atoms with van der Waals surface area (Å²) < 4.78 is 6.06. The predicted octanol–water partition coefficient (Wildman–Crippen LogP) is 4.28. The Morgan fingerprint density at radius 3 is 2.10 bits per heavy atom. The first kappa shape index (κ1) is 14.8. The van der Waals surface area contributed by atoms with Gasteiger partial charge in [-0.1, -0.05) is 27.7 Å². The van der Waals surface area contributed by atoms with Gasteiger partial charge in [0.2, 0.25) is 0 Å². The smallest absolute Gasteiger partial charge is 0.0697 e. The molecule has 0 aromatic rings. The summed E-state index contributed by atoms with van der Waals surface area (Å²) in [6.45, 7) is 10.7. The lowest BCUT2D eigenvalue weighted by Gasteiger charge is -2.50. The van der Waals surface area contributed by atoms with Crippen molar-refractivity contribution in [3.8, 4) is 0 Å². The van der Waals surface area contributed by atoms with Crippen molar-refractivity contribution >= 4 is 0 Å². The highest BCUT2D eigenvalue weighted by molar-refractivity contribution is 4.99. The molecule has 1 saturated heterocycles. The van der Waals surface area contributed by atoms with Gasteiger partial charge in [-0.15, -0.1) is 0 Å². The molecule has 20 heavy (non-hydrogen) atoms.